The van der Waals surface area contributed by atoms with Crippen molar-refractivity contribution in [3.8, 4) is 35.3 Å². The van der Waals surface area contributed by atoms with Crippen LogP contribution < -0.4 is 18.9 Å². The van der Waals surface area contributed by atoms with Crippen molar-refractivity contribution in [2.75, 3.05) is 54.9 Å². The first-order valence-corrected chi connectivity index (χ1v) is 11.5. The summed E-state index contributed by atoms with van der Waals surface area (Å²) in [6.45, 7) is 5.41. The summed E-state index contributed by atoms with van der Waals surface area (Å²) in [5.74, 6) is 5.11. The second-order valence-electron chi connectivity index (χ2n) is 8.22. The zero-order valence-electron chi connectivity index (χ0n) is 21.2. The number of epoxide rings is 1. The van der Waals surface area contributed by atoms with Crippen molar-refractivity contribution >= 4 is 0 Å². The van der Waals surface area contributed by atoms with Gasteiger partial charge < -0.3 is 38.3 Å². The normalized spacial score (nSPS) is 21.0. The summed E-state index contributed by atoms with van der Waals surface area (Å²) < 4.78 is 37.5. The molecule has 0 bridgehead atoms. The fourth-order valence-corrected chi connectivity index (χ4v) is 4.03. The Hall–Kier alpha value is -3.22. The largest absolute Gasteiger partial charge is 0.493 e. The minimum atomic E-state index is -0.165. The quantitative estimate of drug-likeness (QED) is 0.301. The summed E-state index contributed by atoms with van der Waals surface area (Å²) in [6.07, 6.45) is 4.98. The van der Waals surface area contributed by atoms with Gasteiger partial charge >= 0.3 is 0 Å². The minimum Gasteiger partial charge on any atom is -0.493 e. The van der Waals surface area contributed by atoms with E-state index in [0.29, 0.717) is 36.2 Å². The lowest BCUT2D eigenvalue weighted by Gasteiger charge is -2.18. The average molecular weight is 499 g/mol. The highest BCUT2D eigenvalue weighted by Crippen LogP contribution is 2.40. The predicted molar refractivity (Wildman–Crippen MR) is 135 cm³/mol. The number of ether oxygens (including phenoxy) is 7. The second-order valence-corrected chi connectivity index (χ2v) is 8.22. The second kappa shape index (κ2) is 13.2. The smallest absolute Gasteiger partial charge is 0.161 e. The summed E-state index contributed by atoms with van der Waals surface area (Å²) >= 11 is 0. The molecule has 1 unspecified atom stereocenters. The van der Waals surface area contributed by atoms with Crippen LogP contribution in [0, 0.1) is 18.3 Å². The first-order chi connectivity index (χ1) is 17.5. The Bertz CT molecular complexity index is 1060. The zero-order chi connectivity index (χ0) is 26.1. The van der Waals surface area contributed by atoms with E-state index in [9.17, 15) is 5.11 Å². The van der Waals surface area contributed by atoms with Crippen molar-refractivity contribution in [2.24, 2.45) is 5.92 Å². The number of benzene rings is 2. The van der Waals surface area contributed by atoms with Crippen LogP contribution in [0.2, 0.25) is 0 Å². The Morgan fingerprint density at radius 1 is 0.972 bits per heavy atom. The number of rotatable bonds is 10. The molecule has 0 amide bonds. The Morgan fingerprint density at radius 3 is 2.14 bits per heavy atom. The van der Waals surface area contributed by atoms with Gasteiger partial charge in [-0.15, -0.1) is 6.42 Å². The molecule has 2 aliphatic rings. The summed E-state index contributed by atoms with van der Waals surface area (Å²) in [6, 6.07) is 11.3. The standard InChI is InChI=1S/C14H18O4.C14H16O4/c1-9-8-18-14(11(9)7-15)10-4-5-12(16-2)13(6-10)17-3;1-4-7-17-14(13-9-18-13)10-5-6-11(15-2)12(8-10)16-3/h4-6,11,14-15H,1,7-8H2,2-3H3;1,5-6,8,13-14H,7,9H2,2-3H3/t11-,14+;13?,14-/m01/s1. The highest BCUT2D eigenvalue weighted by molar-refractivity contribution is 5.45. The van der Waals surface area contributed by atoms with Gasteiger partial charge in [0.2, 0.25) is 0 Å². The van der Waals surface area contributed by atoms with Crippen LogP contribution in [-0.2, 0) is 14.2 Å². The minimum absolute atomic E-state index is 0.0395. The van der Waals surface area contributed by atoms with E-state index in [0.717, 1.165) is 16.7 Å². The van der Waals surface area contributed by atoms with E-state index in [1.165, 1.54) is 0 Å². The van der Waals surface area contributed by atoms with E-state index >= 15 is 0 Å². The van der Waals surface area contributed by atoms with Gasteiger partial charge in [0.05, 0.1) is 54.4 Å². The van der Waals surface area contributed by atoms with Gasteiger partial charge in [0.1, 0.15) is 18.8 Å². The van der Waals surface area contributed by atoms with Crippen LogP contribution in [-0.4, -0.2) is 66.1 Å². The molecule has 2 aliphatic heterocycles. The van der Waals surface area contributed by atoms with Crippen molar-refractivity contribution in [2.45, 2.75) is 18.3 Å². The van der Waals surface area contributed by atoms with Crippen LogP contribution in [0.25, 0.3) is 0 Å². The molecule has 194 valence electrons. The Balaban J connectivity index is 0.000000201. The maximum Gasteiger partial charge on any atom is 0.161 e. The molecule has 2 aromatic carbocycles. The molecule has 2 saturated heterocycles. The Labute approximate surface area is 212 Å². The monoisotopic (exact) mass is 498 g/mol. The molecule has 4 rings (SSSR count). The van der Waals surface area contributed by atoms with Crippen LogP contribution in [0.4, 0.5) is 0 Å². The molecule has 0 spiro atoms. The topological polar surface area (TPSA) is 88.1 Å². The van der Waals surface area contributed by atoms with E-state index in [1.54, 1.807) is 28.4 Å². The number of hydrogen-bond donors (Lipinski definition) is 1. The third-order valence-electron chi connectivity index (χ3n) is 6.05. The van der Waals surface area contributed by atoms with E-state index in [1.807, 2.05) is 36.4 Å². The molecule has 0 aliphatic carbocycles. The fourth-order valence-electron chi connectivity index (χ4n) is 4.03. The lowest BCUT2D eigenvalue weighted by Crippen LogP contribution is -2.12. The van der Waals surface area contributed by atoms with Crippen LogP contribution in [0.5, 0.6) is 23.0 Å². The number of aliphatic hydroxyl groups excluding tert-OH is 1. The third-order valence-corrected chi connectivity index (χ3v) is 6.05. The molecular formula is C28H34O8. The van der Waals surface area contributed by atoms with Gasteiger partial charge in [0.25, 0.3) is 0 Å². The van der Waals surface area contributed by atoms with Crippen LogP contribution in [0.15, 0.2) is 48.6 Å². The van der Waals surface area contributed by atoms with Crippen LogP contribution in [0.3, 0.4) is 0 Å². The molecule has 8 heteroatoms. The number of hydrogen-bond acceptors (Lipinski definition) is 8. The molecule has 0 radical (unpaired) electrons. The SMILES string of the molecule is C#CCO[C@H](c1ccc(OC)c(OC)c1)C1CO1.C=C1CO[C@H](c2ccc(OC)c(OC)c2)[C@H]1CO. The van der Waals surface area contributed by atoms with Crippen molar-refractivity contribution in [1.29, 1.82) is 0 Å². The fraction of sp³-hybridized carbons (Fsp3) is 0.429. The van der Waals surface area contributed by atoms with Crippen molar-refractivity contribution < 1.29 is 38.3 Å². The van der Waals surface area contributed by atoms with Crippen molar-refractivity contribution in [3.63, 3.8) is 0 Å². The van der Waals surface area contributed by atoms with Gasteiger partial charge in [-0.2, -0.15) is 0 Å². The van der Waals surface area contributed by atoms with E-state index in [4.69, 9.17) is 39.6 Å². The van der Waals surface area contributed by atoms with Crippen LogP contribution >= 0.6 is 0 Å². The van der Waals surface area contributed by atoms with Gasteiger partial charge in [-0.3, -0.25) is 0 Å². The Kier molecular flexibility index (Phi) is 10.0. The number of aliphatic hydroxyl groups is 1. The van der Waals surface area contributed by atoms with Gasteiger partial charge in [0, 0.05) is 5.92 Å². The molecular weight excluding hydrogens is 464 g/mol. The number of methoxy groups -OCH3 is 4. The molecule has 8 nitrogen and oxygen atoms in total. The van der Waals surface area contributed by atoms with Gasteiger partial charge in [-0.25, -0.2) is 0 Å². The third kappa shape index (κ3) is 6.50. The lowest BCUT2D eigenvalue weighted by molar-refractivity contribution is 0.0540. The molecule has 2 fully saturated rings. The average Bonchev–Trinajstić information content (AvgIpc) is 3.69. The first kappa shape index (κ1) is 27.4. The summed E-state index contributed by atoms with van der Waals surface area (Å²) in [5, 5.41) is 9.40. The van der Waals surface area contributed by atoms with Crippen LogP contribution in [0.1, 0.15) is 23.3 Å². The zero-order valence-corrected chi connectivity index (χ0v) is 21.2. The maximum atomic E-state index is 9.40. The molecule has 0 aromatic heterocycles. The van der Waals surface area contributed by atoms with Gasteiger partial charge in [0.15, 0.2) is 23.0 Å². The van der Waals surface area contributed by atoms with Gasteiger partial charge in [-0.05, 0) is 41.0 Å². The molecule has 1 N–H and O–H groups in total. The lowest BCUT2D eigenvalue weighted by atomic mass is 9.93. The summed E-state index contributed by atoms with van der Waals surface area (Å²) in [4.78, 5) is 0. The van der Waals surface area contributed by atoms with E-state index in [-0.39, 0.29) is 37.4 Å². The predicted octanol–water partition coefficient (Wildman–Crippen LogP) is 3.73. The first-order valence-electron chi connectivity index (χ1n) is 11.5. The van der Waals surface area contributed by atoms with E-state index < -0.39 is 0 Å². The maximum absolute atomic E-state index is 9.40. The molecule has 2 heterocycles. The number of terminal acetylenes is 1. The van der Waals surface area contributed by atoms with Gasteiger partial charge in [-0.1, -0.05) is 24.6 Å². The summed E-state index contributed by atoms with van der Waals surface area (Å²) in [5.41, 5.74) is 2.87. The highest BCUT2D eigenvalue weighted by atomic mass is 16.6. The highest BCUT2D eigenvalue weighted by Gasteiger charge is 2.35. The molecule has 0 saturated carbocycles. The van der Waals surface area contributed by atoms with Crippen molar-refractivity contribution in [1.82, 2.24) is 0 Å². The molecule has 2 aromatic rings. The van der Waals surface area contributed by atoms with E-state index in [2.05, 4.69) is 12.5 Å². The van der Waals surface area contributed by atoms with Crippen molar-refractivity contribution in [3.05, 3.63) is 59.7 Å². The molecule has 36 heavy (non-hydrogen) atoms. The molecule has 4 atom stereocenters. The Morgan fingerprint density at radius 2 is 1.58 bits per heavy atom. The summed E-state index contributed by atoms with van der Waals surface area (Å²) in [7, 11) is 6.40.